The van der Waals surface area contributed by atoms with Gasteiger partial charge in [0.25, 0.3) is 5.69 Å². The number of nitro groups is 1. The van der Waals surface area contributed by atoms with Crippen LogP contribution in [0, 0.1) is 31.4 Å². The summed E-state index contributed by atoms with van der Waals surface area (Å²) < 4.78 is 12.1. The van der Waals surface area contributed by atoms with Gasteiger partial charge in [-0.25, -0.2) is 4.90 Å². The Bertz CT molecular complexity index is 1800. The lowest BCUT2D eigenvalue weighted by atomic mass is 9.58. The number of carbonyl (C=O) groups excluding carboxylic acids is 2. The van der Waals surface area contributed by atoms with Crippen LogP contribution in [0.15, 0.2) is 77.9 Å². The van der Waals surface area contributed by atoms with E-state index >= 15 is 0 Å². The van der Waals surface area contributed by atoms with Gasteiger partial charge < -0.3 is 24.6 Å². The molecule has 47 heavy (non-hydrogen) atoms. The van der Waals surface area contributed by atoms with Crippen molar-refractivity contribution < 1.29 is 39.1 Å². The molecular formula is C34H32BIN2O9. The Morgan fingerprint density at radius 2 is 1.89 bits per heavy atom. The number of amides is 2. The van der Waals surface area contributed by atoms with E-state index in [0.717, 1.165) is 27.2 Å². The highest BCUT2D eigenvalue weighted by molar-refractivity contribution is 14.1. The van der Waals surface area contributed by atoms with Crippen LogP contribution in [0.25, 0.3) is 11.6 Å². The third-order valence-electron chi connectivity index (χ3n) is 9.23. The van der Waals surface area contributed by atoms with Crippen molar-refractivity contribution in [2.45, 2.75) is 31.7 Å². The number of ether oxygens (including phenoxy) is 1. The molecule has 2 amide bonds. The van der Waals surface area contributed by atoms with Gasteiger partial charge in [-0.15, -0.1) is 0 Å². The molecule has 3 aromatic rings. The van der Waals surface area contributed by atoms with Gasteiger partial charge in [0.05, 0.1) is 45.8 Å². The summed E-state index contributed by atoms with van der Waals surface area (Å²) in [6.45, 7) is -0.337. The zero-order chi connectivity index (χ0) is 33.4. The second-order valence-corrected chi connectivity index (χ2v) is 13.1. The summed E-state index contributed by atoms with van der Waals surface area (Å²) in [4.78, 5) is 39.5. The van der Waals surface area contributed by atoms with Crippen molar-refractivity contribution in [3.8, 4) is 11.5 Å². The van der Waals surface area contributed by atoms with Gasteiger partial charge in [0, 0.05) is 12.1 Å². The number of carbonyl (C=O) groups is 2. The molecule has 0 spiro atoms. The largest absolute Gasteiger partial charge is 0.504 e. The zero-order valence-electron chi connectivity index (χ0n) is 25.4. The number of methoxy groups -OCH3 is 1. The van der Waals surface area contributed by atoms with Gasteiger partial charge in [-0.2, -0.15) is 0 Å². The lowest BCUT2D eigenvalue weighted by Gasteiger charge is -2.43. The number of anilines is 1. The highest BCUT2D eigenvalue weighted by atomic mass is 127. The molecule has 2 fully saturated rings. The Kier molecular flexibility index (Phi) is 9.51. The molecule has 3 aliphatic rings. The normalized spacial score (nSPS) is 22.8. The van der Waals surface area contributed by atoms with Crippen molar-refractivity contribution >= 4 is 64.5 Å². The van der Waals surface area contributed by atoms with E-state index in [1.165, 1.54) is 31.4 Å². The van der Waals surface area contributed by atoms with Crippen molar-refractivity contribution in [3.63, 3.8) is 0 Å². The average molecular weight is 750 g/mol. The molecule has 2 aliphatic heterocycles. The first-order valence-electron chi connectivity index (χ1n) is 15.2. The van der Waals surface area contributed by atoms with Crippen molar-refractivity contribution in [3.05, 3.63) is 103 Å². The number of fused-ring (bicyclic) bond motifs is 3. The highest BCUT2D eigenvalue weighted by Gasteiger charge is 2.57. The minimum atomic E-state index is -1.20. The summed E-state index contributed by atoms with van der Waals surface area (Å²) in [5, 5.41) is 43.2. The number of nitrogens with zero attached hydrogens (tertiary/aromatic N) is 2. The van der Waals surface area contributed by atoms with Crippen LogP contribution in [-0.2, 0) is 14.2 Å². The Morgan fingerprint density at radius 3 is 2.60 bits per heavy atom. The van der Waals surface area contributed by atoms with E-state index in [0.29, 0.717) is 27.7 Å². The quantitative estimate of drug-likeness (QED) is 0.0507. The van der Waals surface area contributed by atoms with E-state index in [4.69, 9.17) is 9.39 Å². The lowest BCUT2D eigenvalue weighted by Crippen LogP contribution is -2.46. The maximum absolute atomic E-state index is 13.9. The summed E-state index contributed by atoms with van der Waals surface area (Å²) in [6, 6.07) is 18.8. The maximum Gasteiger partial charge on any atom is 0.455 e. The number of aromatic hydroxyl groups is 1. The number of aliphatic hydroxyl groups excluding tert-OH is 1. The molecule has 0 aromatic heterocycles. The molecular weight excluding hydrogens is 718 g/mol. The van der Waals surface area contributed by atoms with E-state index < -0.39 is 47.7 Å². The Balaban J connectivity index is 1.32. The number of benzene rings is 3. The van der Waals surface area contributed by atoms with Gasteiger partial charge in [0.15, 0.2) is 11.5 Å². The standard InChI is InChI=1S/C34H32BIN2O9/c1-46-29-14-19(13-27(36)32(29)40)12-21(20-6-3-2-4-7-20)10-11-28-30-22(18-39)15-25-31(26(30)17-35(43)47-28)34(42)37(33(25)41)23-8-5-9-24(16-23)38(44)45/h2-9,12-14,16,25-26,28,31,39-40,43H,10-11,15,17-18H2,1H3/b21-12-/t25-,26+,28-,31-/m1/s1. The van der Waals surface area contributed by atoms with Crippen LogP contribution < -0.4 is 9.64 Å². The Hall–Kier alpha value is -4.05. The molecule has 11 nitrogen and oxygen atoms in total. The van der Waals surface area contributed by atoms with E-state index in [-0.39, 0.29) is 36.5 Å². The third-order valence-corrected chi connectivity index (χ3v) is 10.1. The molecule has 0 unspecified atom stereocenters. The fourth-order valence-electron chi connectivity index (χ4n) is 7.18. The number of hydrogen-bond donors (Lipinski definition) is 3. The van der Waals surface area contributed by atoms with Crippen molar-refractivity contribution in [1.29, 1.82) is 0 Å². The predicted octanol–water partition coefficient (Wildman–Crippen LogP) is 5.23. The minimum absolute atomic E-state index is 0.0604. The summed E-state index contributed by atoms with van der Waals surface area (Å²) in [5.74, 6) is -2.67. The molecule has 3 N–H and O–H groups in total. The van der Waals surface area contributed by atoms with E-state index in [1.807, 2.05) is 65.1 Å². The number of nitro benzene ring substituents is 1. The molecule has 0 saturated carbocycles. The van der Waals surface area contributed by atoms with E-state index in [1.54, 1.807) is 6.07 Å². The molecule has 13 heteroatoms. The Labute approximate surface area is 284 Å². The van der Waals surface area contributed by atoms with Crippen LogP contribution in [0.5, 0.6) is 11.5 Å². The molecule has 2 saturated heterocycles. The molecule has 6 rings (SSSR count). The summed E-state index contributed by atoms with van der Waals surface area (Å²) in [6.07, 6.45) is 2.50. The number of hydrogen-bond acceptors (Lipinski definition) is 9. The van der Waals surface area contributed by atoms with Crippen LogP contribution in [-0.4, -0.2) is 58.9 Å². The Morgan fingerprint density at radius 1 is 1.13 bits per heavy atom. The number of phenols is 1. The third kappa shape index (κ3) is 6.32. The lowest BCUT2D eigenvalue weighted by molar-refractivity contribution is -0.384. The first-order chi connectivity index (χ1) is 22.6. The van der Waals surface area contributed by atoms with Gasteiger partial charge >= 0.3 is 7.12 Å². The van der Waals surface area contributed by atoms with Gasteiger partial charge in [-0.1, -0.05) is 42.5 Å². The molecule has 242 valence electrons. The van der Waals surface area contributed by atoms with Crippen LogP contribution >= 0.6 is 22.6 Å². The molecule has 0 radical (unpaired) electrons. The zero-order valence-corrected chi connectivity index (χ0v) is 27.6. The molecule has 0 bridgehead atoms. The first-order valence-corrected chi connectivity index (χ1v) is 16.3. The van der Waals surface area contributed by atoms with Crippen LogP contribution in [0.2, 0.25) is 6.32 Å². The molecule has 4 atom stereocenters. The number of phenolic OH excluding ortho intramolecular Hbond substituents is 1. The SMILES string of the molecule is COc1cc(/C=C(/CC[C@H]2OB(O)C[C@H]3C2=C(CO)C[C@H]2C(=O)N(c4cccc([N+](=O)[O-])c4)C(=O)[C@H]23)c2ccccc2)cc(I)c1O. The van der Waals surface area contributed by atoms with Gasteiger partial charge in [0.2, 0.25) is 11.8 Å². The summed E-state index contributed by atoms with van der Waals surface area (Å²) >= 11 is 2.05. The molecule has 2 heterocycles. The monoisotopic (exact) mass is 750 g/mol. The number of aliphatic hydroxyl groups is 1. The summed E-state index contributed by atoms with van der Waals surface area (Å²) in [5.41, 5.74) is 3.96. The van der Waals surface area contributed by atoms with E-state index in [2.05, 4.69) is 0 Å². The number of allylic oxidation sites excluding steroid dienone is 1. The number of halogens is 1. The van der Waals surface area contributed by atoms with Crippen molar-refractivity contribution in [2.75, 3.05) is 18.6 Å². The van der Waals surface area contributed by atoms with Gasteiger partial charge in [-0.05, 0) is 100 Å². The minimum Gasteiger partial charge on any atom is -0.504 e. The topological polar surface area (TPSA) is 160 Å². The second kappa shape index (κ2) is 13.6. The first kappa shape index (κ1) is 32.9. The summed E-state index contributed by atoms with van der Waals surface area (Å²) in [7, 11) is 0.292. The predicted molar refractivity (Wildman–Crippen MR) is 183 cm³/mol. The fourth-order valence-corrected chi connectivity index (χ4v) is 7.81. The second-order valence-electron chi connectivity index (χ2n) is 11.9. The number of non-ortho nitro benzene ring substituents is 1. The average Bonchev–Trinajstić information content (AvgIpc) is 3.32. The maximum atomic E-state index is 13.9. The van der Waals surface area contributed by atoms with Gasteiger partial charge in [0.1, 0.15) is 0 Å². The number of imide groups is 1. The fraction of sp³-hybridized carbons (Fsp3) is 0.294. The molecule has 3 aromatic carbocycles. The highest BCUT2D eigenvalue weighted by Crippen LogP contribution is 2.51. The van der Waals surface area contributed by atoms with Gasteiger partial charge in [-0.3, -0.25) is 19.7 Å². The van der Waals surface area contributed by atoms with Crippen molar-refractivity contribution in [2.24, 2.45) is 17.8 Å². The van der Waals surface area contributed by atoms with Crippen molar-refractivity contribution in [1.82, 2.24) is 0 Å². The smallest absolute Gasteiger partial charge is 0.455 e. The van der Waals surface area contributed by atoms with Crippen LogP contribution in [0.4, 0.5) is 11.4 Å². The van der Waals surface area contributed by atoms with Crippen LogP contribution in [0.1, 0.15) is 30.4 Å². The van der Waals surface area contributed by atoms with Crippen LogP contribution in [0.3, 0.4) is 0 Å². The number of rotatable bonds is 9. The van der Waals surface area contributed by atoms with E-state index in [9.17, 15) is 34.9 Å². The molecule has 1 aliphatic carbocycles.